The van der Waals surface area contributed by atoms with Crippen molar-refractivity contribution in [2.45, 2.75) is 38.4 Å². The smallest absolute Gasteiger partial charge is 0.213 e. The van der Waals surface area contributed by atoms with E-state index in [0.29, 0.717) is 76.2 Å². The first kappa shape index (κ1) is 25.9. The largest absolute Gasteiger partial charge is 0.494 e. The van der Waals surface area contributed by atoms with E-state index in [2.05, 4.69) is 4.98 Å². The molecule has 0 saturated heterocycles. The summed E-state index contributed by atoms with van der Waals surface area (Å²) in [4.78, 5) is 19.3. The molecule has 5 rings (SSSR count). The molecule has 11 heteroatoms. The van der Waals surface area contributed by atoms with Crippen molar-refractivity contribution in [2.75, 3.05) is 27.1 Å². The molecule has 0 aliphatic heterocycles. The van der Waals surface area contributed by atoms with E-state index in [-0.39, 0.29) is 5.75 Å². The predicted molar refractivity (Wildman–Crippen MR) is 144 cm³/mol. The lowest BCUT2D eigenvalue weighted by Gasteiger charge is -2.16. The molecule has 4 aromatic rings. The van der Waals surface area contributed by atoms with Gasteiger partial charge in [-0.25, -0.2) is 28.4 Å². The zero-order chi connectivity index (χ0) is 26.9. The quantitative estimate of drug-likeness (QED) is 0.278. The molecule has 1 aliphatic carbocycles. The van der Waals surface area contributed by atoms with Crippen LogP contribution < -0.4 is 14.2 Å². The highest BCUT2D eigenvalue weighted by atomic mass is 32.2. The second-order valence-corrected chi connectivity index (χ2v) is 11.5. The molecule has 0 spiro atoms. The highest BCUT2D eigenvalue weighted by molar-refractivity contribution is 7.89. The van der Waals surface area contributed by atoms with Gasteiger partial charge in [0.25, 0.3) is 0 Å². The highest BCUT2D eigenvalue weighted by Gasteiger charge is 2.27. The van der Waals surface area contributed by atoms with Crippen LogP contribution in [0.2, 0.25) is 0 Å². The predicted octanol–water partition coefficient (Wildman–Crippen LogP) is 4.18. The number of benzene rings is 1. The van der Waals surface area contributed by atoms with Crippen LogP contribution in [-0.4, -0.2) is 60.0 Å². The number of fused-ring (bicyclic) bond motifs is 1. The Balaban J connectivity index is 1.81. The number of methoxy groups -OCH3 is 2. The van der Waals surface area contributed by atoms with Crippen molar-refractivity contribution in [3.63, 3.8) is 0 Å². The molecule has 0 unspecified atom stereocenters. The van der Waals surface area contributed by atoms with Crippen molar-refractivity contribution in [1.82, 2.24) is 24.5 Å². The zero-order valence-corrected chi connectivity index (χ0v) is 22.8. The van der Waals surface area contributed by atoms with Crippen molar-refractivity contribution in [3.8, 4) is 34.6 Å². The van der Waals surface area contributed by atoms with Crippen molar-refractivity contribution in [1.29, 1.82) is 0 Å². The lowest BCUT2D eigenvalue weighted by molar-refractivity contribution is 0.327. The molecule has 0 bridgehead atoms. The molecular formula is C27H31N5O5S. The van der Waals surface area contributed by atoms with Crippen molar-refractivity contribution >= 4 is 21.1 Å². The zero-order valence-electron chi connectivity index (χ0n) is 22.0. The van der Waals surface area contributed by atoms with Crippen LogP contribution in [0, 0.1) is 5.92 Å². The Kier molecular flexibility index (Phi) is 7.20. The van der Waals surface area contributed by atoms with E-state index in [9.17, 15) is 8.42 Å². The summed E-state index contributed by atoms with van der Waals surface area (Å²) in [6, 6.07) is 10.9. The van der Waals surface area contributed by atoms with Gasteiger partial charge < -0.3 is 14.2 Å². The summed E-state index contributed by atoms with van der Waals surface area (Å²) in [7, 11) is -0.220. The fourth-order valence-corrected chi connectivity index (χ4v) is 5.20. The lowest BCUT2D eigenvalue weighted by atomic mass is 10.1. The Morgan fingerprint density at radius 3 is 2.29 bits per heavy atom. The molecule has 1 fully saturated rings. The third-order valence-corrected chi connectivity index (χ3v) is 7.20. The van der Waals surface area contributed by atoms with E-state index < -0.39 is 9.84 Å². The maximum absolute atomic E-state index is 12.4. The minimum Gasteiger partial charge on any atom is -0.494 e. The molecule has 10 nitrogen and oxygen atoms in total. The van der Waals surface area contributed by atoms with Gasteiger partial charge in [-0.2, -0.15) is 0 Å². The third kappa shape index (κ3) is 5.42. The molecule has 200 valence electrons. The fraction of sp³-hybridized carbons (Fsp3) is 0.407. The van der Waals surface area contributed by atoms with Crippen molar-refractivity contribution in [3.05, 3.63) is 47.8 Å². The lowest BCUT2D eigenvalue weighted by Crippen LogP contribution is -2.11. The SMILES string of the molecule is CCOc1cccc(-c2nc3nc(CCC4CC4)c(CS(C)(=O)=O)nc3n2-c2c(OC)cccc2OC)n1. The first-order valence-corrected chi connectivity index (χ1v) is 14.6. The first-order chi connectivity index (χ1) is 18.3. The normalized spacial score (nSPS) is 13.6. The van der Waals surface area contributed by atoms with Gasteiger partial charge in [0, 0.05) is 12.3 Å². The molecule has 3 heterocycles. The summed E-state index contributed by atoms with van der Waals surface area (Å²) in [6.45, 7) is 2.36. The van der Waals surface area contributed by atoms with E-state index in [1.54, 1.807) is 24.9 Å². The average molecular weight is 538 g/mol. The van der Waals surface area contributed by atoms with E-state index in [4.69, 9.17) is 29.2 Å². The molecule has 3 aromatic heterocycles. The maximum atomic E-state index is 12.4. The van der Waals surface area contributed by atoms with Crippen LogP contribution in [0.4, 0.5) is 0 Å². The number of para-hydroxylation sites is 1. The molecule has 1 aromatic carbocycles. The van der Waals surface area contributed by atoms with Gasteiger partial charge in [0.05, 0.1) is 38.0 Å². The van der Waals surface area contributed by atoms with E-state index in [1.165, 1.54) is 19.1 Å². The van der Waals surface area contributed by atoms with Gasteiger partial charge in [-0.05, 0) is 43.9 Å². The van der Waals surface area contributed by atoms with Gasteiger partial charge in [0.2, 0.25) is 5.88 Å². The number of sulfone groups is 1. The average Bonchev–Trinajstić information content (AvgIpc) is 3.66. The maximum Gasteiger partial charge on any atom is 0.213 e. The van der Waals surface area contributed by atoms with Crippen LogP contribution >= 0.6 is 0 Å². The summed E-state index contributed by atoms with van der Waals surface area (Å²) >= 11 is 0. The van der Waals surface area contributed by atoms with Crippen LogP contribution in [0.5, 0.6) is 17.4 Å². The second kappa shape index (κ2) is 10.6. The number of imidazole rings is 1. The van der Waals surface area contributed by atoms with Crippen LogP contribution in [0.1, 0.15) is 37.6 Å². The number of rotatable bonds is 11. The van der Waals surface area contributed by atoms with E-state index >= 15 is 0 Å². The van der Waals surface area contributed by atoms with E-state index in [1.807, 2.05) is 37.3 Å². The van der Waals surface area contributed by atoms with Crippen LogP contribution in [-0.2, 0) is 22.0 Å². The van der Waals surface area contributed by atoms with Crippen molar-refractivity contribution in [2.24, 2.45) is 5.92 Å². The first-order valence-electron chi connectivity index (χ1n) is 12.6. The summed E-state index contributed by atoms with van der Waals surface area (Å²) in [5.41, 5.74) is 2.96. The molecule has 38 heavy (non-hydrogen) atoms. The Labute approximate surface area is 221 Å². The van der Waals surface area contributed by atoms with Crippen LogP contribution in [0.3, 0.4) is 0 Å². The molecule has 1 aliphatic rings. The Morgan fingerprint density at radius 1 is 0.947 bits per heavy atom. The Hall–Kier alpha value is -3.73. The number of aromatic nitrogens is 5. The number of nitrogens with zero attached hydrogens (tertiary/aromatic N) is 5. The number of pyridine rings is 1. The van der Waals surface area contributed by atoms with Crippen LogP contribution in [0.15, 0.2) is 36.4 Å². The minimum atomic E-state index is -3.36. The standard InChI is InChI=1S/C27H31N5O5S/c1-5-37-23-11-6-8-19(28-23)26-31-25-27(32(26)24-21(35-2)9-7-10-22(24)36-3)30-20(16-38(4,33)34)18(29-25)15-14-17-12-13-17/h6-11,17H,5,12-16H2,1-4H3. The molecule has 0 radical (unpaired) electrons. The monoisotopic (exact) mass is 537 g/mol. The number of hydrogen-bond acceptors (Lipinski definition) is 9. The van der Waals surface area contributed by atoms with Gasteiger partial charge in [-0.1, -0.05) is 25.0 Å². The van der Waals surface area contributed by atoms with Gasteiger partial charge in [-0.3, -0.25) is 4.57 Å². The topological polar surface area (TPSA) is 118 Å². The number of hydrogen-bond donors (Lipinski definition) is 0. The van der Waals surface area contributed by atoms with Gasteiger partial charge in [0.15, 0.2) is 27.0 Å². The Morgan fingerprint density at radius 2 is 1.66 bits per heavy atom. The van der Waals surface area contributed by atoms with Gasteiger partial charge >= 0.3 is 0 Å². The van der Waals surface area contributed by atoms with E-state index in [0.717, 1.165) is 6.42 Å². The second-order valence-electron chi connectivity index (χ2n) is 9.39. The van der Waals surface area contributed by atoms with Gasteiger partial charge in [-0.15, -0.1) is 0 Å². The molecular weight excluding hydrogens is 506 g/mol. The Bertz CT molecular complexity index is 1560. The molecule has 0 atom stereocenters. The summed E-state index contributed by atoms with van der Waals surface area (Å²) in [6.07, 6.45) is 5.20. The summed E-state index contributed by atoms with van der Waals surface area (Å²) in [5.74, 6) is 2.41. The number of ether oxygens (including phenoxy) is 3. The molecule has 0 N–H and O–H groups in total. The fourth-order valence-electron chi connectivity index (χ4n) is 4.48. The summed E-state index contributed by atoms with van der Waals surface area (Å²) in [5, 5.41) is 0. The van der Waals surface area contributed by atoms with Gasteiger partial charge in [0.1, 0.15) is 22.9 Å². The van der Waals surface area contributed by atoms with Crippen LogP contribution in [0.25, 0.3) is 28.5 Å². The van der Waals surface area contributed by atoms with Crippen molar-refractivity contribution < 1.29 is 22.6 Å². The number of aryl methyl sites for hydroxylation is 1. The minimum absolute atomic E-state index is 0.211. The molecule has 1 saturated carbocycles. The summed E-state index contributed by atoms with van der Waals surface area (Å²) < 4.78 is 43.5. The molecule has 0 amide bonds. The highest BCUT2D eigenvalue weighted by Crippen LogP contribution is 2.38. The third-order valence-electron chi connectivity index (χ3n) is 6.41.